The second kappa shape index (κ2) is 6.26. The predicted molar refractivity (Wildman–Crippen MR) is 82.5 cm³/mol. The normalized spacial score (nSPS) is 16.9. The van der Waals surface area contributed by atoms with E-state index in [2.05, 4.69) is 10.6 Å². The molecule has 1 aromatic rings. The molecule has 1 aromatic carbocycles. The molecule has 0 saturated heterocycles. The molecule has 1 aliphatic rings. The Morgan fingerprint density at radius 2 is 1.90 bits per heavy atom. The summed E-state index contributed by atoms with van der Waals surface area (Å²) in [5.74, 6) is 0.134. The van der Waals surface area contributed by atoms with Crippen LogP contribution in [0.2, 0.25) is 0 Å². The molecular formula is C16H23N3O2. The predicted octanol–water partition coefficient (Wildman–Crippen LogP) is 1.78. The van der Waals surface area contributed by atoms with Gasteiger partial charge < -0.3 is 16.4 Å². The Bertz CT molecular complexity index is 519. The fraction of sp³-hybridized carbons (Fsp3) is 0.500. The minimum atomic E-state index is -0.835. The van der Waals surface area contributed by atoms with Gasteiger partial charge >= 0.3 is 0 Å². The molecule has 4 N–H and O–H groups in total. The molecule has 21 heavy (non-hydrogen) atoms. The first kappa shape index (κ1) is 15.5. The number of rotatable bonds is 6. The third-order valence-corrected chi connectivity index (χ3v) is 3.88. The zero-order valence-corrected chi connectivity index (χ0v) is 12.6. The van der Waals surface area contributed by atoms with Crippen LogP contribution in [0.5, 0.6) is 0 Å². The Morgan fingerprint density at radius 3 is 2.43 bits per heavy atom. The quantitative estimate of drug-likeness (QED) is 0.746. The van der Waals surface area contributed by atoms with Crippen LogP contribution in [0.4, 0.5) is 5.69 Å². The summed E-state index contributed by atoms with van der Waals surface area (Å²) in [4.78, 5) is 23.5. The van der Waals surface area contributed by atoms with Gasteiger partial charge in [0, 0.05) is 18.2 Å². The maximum atomic E-state index is 11.9. The van der Waals surface area contributed by atoms with Crippen molar-refractivity contribution < 1.29 is 9.59 Å². The Hall–Kier alpha value is -1.88. The SMILES string of the molecule is CCC(C)(N)C(=O)NCc1ccc(NC(=O)C2CC2)cc1. The highest BCUT2D eigenvalue weighted by molar-refractivity contribution is 5.94. The largest absolute Gasteiger partial charge is 0.350 e. The first-order valence-electron chi connectivity index (χ1n) is 7.39. The highest BCUT2D eigenvalue weighted by Crippen LogP contribution is 2.30. The minimum absolute atomic E-state index is 0.0953. The average molecular weight is 289 g/mol. The van der Waals surface area contributed by atoms with Gasteiger partial charge in [0.05, 0.1) is 5.54 Å². The van der Waals surface area contributed by atoms with Crippen molar-refractivity contribution in [2.75, 3.05) is 5.32 Å². The summed E-state index contributed by atoms with van der Waals surface area (Å²) < 4.78 is 0. The molecule has 5 heteroatoms. The minimum Gasteiger partial charge on any atom is -0.350 e. The van der Waals surface area contributed by atoms with E-state index in [0.29, 0.717) is 13.0 Å². The van der Waals surface area contributed by atoms with Crippen LogP contribution in [-0.4, -0.2) is 17.4 Å². The van der Waals surface area contributed by atoms with Gasteiger partial charge in [-0.15, -0.1) is 0 Å². The van der Waals surface area contributed by atoms with E-state index in [1.807, 2.05) is 31.2 Å². The molecule has 0 spiro atoms. The van der Waals surface area contributed by atoms with Crippen molar-refractivity contribution in [2.45, 2.75) is 45.2 Å². The Kier molecular flexibility index (Phi) is 4.63. The molecule has 5 nitrogen and oxygen atoms in total. The van der Waals surface area contributed by atoms with Gasteiger partial charge in [0.15, 0.2) is 0 Å². The highest BCUT2D eigenvalue weighted by atomic mass is 16.2. The van der Waals surface area contributed by atoms with E-state index in [1.165, 1.54) is 0 Å². The standard InChI is InChI=1S/C16H23N3O2/c1-3-16(2,17)15(21)18-10-11-4-8-13(9-5-11)19-14(20)12-6-7-12/h4-5,8-9,12H,3,6-7,10,17H2,1-2H3,(H,18,21)(H,19,20). The molecule has 1 atom stereocenters. The lowest BCUT2D eigenvalue weighted by atomic mass is 9.99. The molecule has 0 radical (unpaired) electrons. The number of nitrogens with one attached hydrogen (secondary N) is 2. The molecule has 2 amide bonds. The number of nitrogens with two attached hydrogens (primary N) is 1. The van der Waals surface area contributed by atoms with Gasteiger partial charge in [-0.3, -0.25) is 9.59 Å². The molecule has 1 unspecified atom stereocenters. The van der Waals surface area contributed by atoms with Crippen molar-refractivity contribution in [3.8, 4) is 0 Å². The molecular weight excluding hydrogens is 266 g/mol. The molecule has 2 rings (SSSR count). The summed E-state index contributed by atoms with van der Waals surface area (Å²) in [5.41, 5.74) is 6.81. The summed E-state index contributed by atoms with van der Waals surface area (Å²) in [6.45, 7) is 4.04. The van der Waals surface area contributed by atoms with Crippen LogP contribution in [0.1, 0.15) is 38.7 Å². The summed E-state index contributed by atoms with van der Waals surface area (Å²) >= 11 is 0. The molecule has 0 aromatic heterocycles. The van der Waals surface area contributed by atoms with E-state index in [4.69, 9.17) is 5.73 Å². The molecule has 1 aliphatic carbocycles. The molecule has 114 valence electrons. The number of benzene rings is 1. The van der Waals surface area contributed by atoms with E-state index in [9.17, 15) is 9.59 Å². The second-order valence-corrected chi connectivity index (χ2v) is 5.91. The summed E-state index contributed by atoms with van der Waals surface area (Å²) in [5, 5.41) is 5.71. The average Bonchev–Trinajstić information content (AvgIpc) is 3.30. The van der Waals surface area contributed by atoms with E-state index in [1.54, 1.807) is 6.92 Å². The Morgan fingerprint density at radius 1 is 1.29 bits per heavy atom. The number of carbonyl (C=O) groups is 2. The summed E-state index contributed by atoms with van der Waals surface area (Å²) in [7, 11) is 0. The first-order chi connectivity index (χ1) is 9.92. The third kappa shape index (κ3) is 4.29. The van der Waals surface area contributed by atoms with Crippen molar-refractivity contribution in [1.29, 1.82) is 0 Å². The van der Waals surface area contributed by atoms with Crippen molar-refractivity contribution in [3.63, 3.8) is 0 Å². The molecule has 0 heterocycles. The first-order valence-corrected chi connectivity index (χ1v) is 7.39. The van der Waals surface area contributed by atoms with Gasteiger partial charge in [-0.1, -0.05) is 19.1 Å². The van der Waals surface area contributed by atoms with Gasteiger partial charge in [-0.05, 0) is 43.9 Å². The number of hydrogen-bond acceptors (Lipinski definition) is 3. The third-order valence-electron chi connectivity index (χ3n) is 3.88. The fourth-order valence-electron chi connectivity index (χ4n) is 1.84. The van der Waals surface area contributed by atoms with Gasteiger partial charge in [-0.25, -0.2) is 0 Å². The van der Waals surface area contributed by atoms with Crippen LogP contribution < -0.4 is 16.4 Å². The second-order valence-electron chi connectivity index (χ2n) is 5.91. The van der Waals surface area contributed by atoms with Crippen molar-refractivity contribution in [3.05, 3.63) is 29.8 Å². The number of amides is 2. The van der Waals surface area contributed by atoms with E-state index >= 15 is 0 Å². The maximum absolute atomic E-state index is 11.9. The van der Waals surface area contributed by atoms with Crippen LogP contribution in [-0.2, 0) is 16.1 Å². The maximum Gasteiger partial charge on any atom is 0.240 e. The molecule has 1 fully saturated rings. The number of hydrogen-bond donors (Lipinski definition) is 3. The van der Waals surface area contributed by atoms with E-state index in [0.717, 1.165) is 24.1 Å². The number of anilines is 1. The lowest BCUT2D eigenvalue weighted by Gasteiger charge is -2.21. The smallest absolute Gasteiger partial charge is 0.240 e. The van der Waals surface area contributed by atoms with Crippen LogP contribution in [0.15, 0.2) is 24.3 Å². The zero-order valence-electron chi connectivity index (χ0n) is 12.6. The van der Waals surface area contributed by atoms with E-state index < -0.39 is 5.54 Å². The van der Waals surface area contributed by atoms with Crippen molar-refractivity contribution in [1.82, 2.24) is 5.32 Å². The summed E-state index contributed by atoms with van der Waals surface area (Å²) in [6.07, 6.45) is 2.57. The van der Waals surface area contributed by atoms with Gasteiger partial charge in [-0.2, -0.15) is 0 Å². The van der Waals surface area contributed by atoms with Crippen molar-refractivity contribution >= 4 is 17.5 Å². The molecule has 0 aliphatic heterocycles. The lowest BCUT2D eigenvalue weighted by molar-refractivity contribution is -0.126. The molecule has 1 saturated carbocycles. The van der Waals surface area contributed by atoms with Gasteiger partial charge in [0.25, 0.3) is 0 Å². The Labute approximate surface area is 125 Å². The topological polar surface area (TPSA) is 84.2 Å². The van der Waals surface area contributed by atoms with Crippen molar-refractivity contribution in [2.24, 2.45) is 11.7 Å². The van der Waals surface area contributed by atoms with Crippen LogP contribution in [0.3, 0.4) is 0 Å². The lowest BCUT2D eigenvalue weighted by Crippen LogP contribution is -2.50. The van der Waals surface area contributed by atoms with E-state index in [-0.39, 0.29) is 17.7 Å². The van der Waals surface area contributed by atoms with Crippen LogP contribution in [0.25, 0.3) is 0 Å². The van der Waals surface area contributed by atoms with Crippen LogP contribution >= 0.6 is 0 Å². The molecule has 0 bridgehead atoms. The van der Waals surface area contributed by atoms with Gasteiger partial charge in [0.2, 0.25) is 11.8 Å². The van der Waals surface area contributed by atoms with Crippen LogP contribution in [0, 0.1) is 5.92 Å². The van der Waals surface area contributed by atoms with Gasteiger partial charge in [0.1, 0.15) is 0 Å². The zero-order chi connectivity index (χ0) is 15.5. The monoisotopic (exact) mass is 289 g/mol. The highest BCUT2D eigenvalue weighted by Gasteiger charge is 2.29. The number of carbonyl (C=O) groups excluding carboxylic acids is 2. The fourth-order valence-corrected chi connectivity index (χ4v) is 1.84. The Balaban J connectivity index is 1.84. The summed E-state index contributed by atoms with van der Waals surface area (Å²) in [6, 6.07) is 7.48.